The summed E-state index contributed by atoms with van der Waals surface area (Å²) in [5, 5.41) is 11.5. The van der Waals surface area contributed by atoms with Crippen LogP contribution in [0.4, 0.5) is 22.9 Å². The topological polar surface area (TPSA) is 82.5 Å². The monoisotopic (exact) mass is 367 g/mol. The highest BCUT2D eigenvalue weighted by Crippen LogP contribution is 2.26. The van der Waals surface area contributed by atoms with Crippen LogP contribution in [0.5, 0.6) is 0 Å². The summed E-state index contributed by atoms with van der Waals surface area (Å²) in [6.45, 7) is 0. The molecule has 6 nitrogen and oxygen atoms in total. The van der Waals surface area contributed by atoms with Crippen LogP contribution in [-0.2, 0) is 0 Å². The molecular weight excluding hydrogens is 350 g/mol. The number of aromatic nitrogens is 2. The van der Waals surface area contributed by atoms with Crippen LogP contribution in [0.25, 0.3) is 11.4 Å². The van der Waals surface area contributed by atoms with E-state index in [4.69, 9.17) is 0 Å². The molecule has 0 atom stereocenters. The van der Waals surface area contributed by atoms with E-state index < -0.39 is 0 Å². The van der Waals surface area contributed by atoms with Crippen LogP contribution in [0.15, 0.2) is 106 Å². The van der Waals surface area contributed by atoms with Crippen molar-refractivity contribution in [2.24, 2.45) is 10.2 Å². The molecule has 1 aromatic heterocycles. The number of nitrogens with zero attached hydrogens (tertiary/aromatic N) is 3. The molecule has 0 unspecified atom stereocenters. The second kappa shape index (κ2) is 8.09. The predicted octanol–water partition coefficient (Wildman–Crippen LogP) is 5.60. The second-order valence-corrected chi connectivity index (χ2v) is 6.00. The molecule has 4 rings (SSSR count). The highest BCUT2D eigenvalue weighted by Gasteiger charge is 2.13. The maximum Gasteiger partial charge on any atom is 0.281 e. The van der Waals surface area contributed by atoms with E-state index in [1.807, 2.05) is 91.0 Å². The summed E-state index contributed by atoms with van der Waals surface area (Å²) in [7, 11) is 0. The lowest BCUT2D eigenvalue weighted by Gasteiger charge is -2.09. The molecular formula is C22H17N5O. The van der Waals surface area contributed by atoms with Crippen molar-refractivity contribution in [3.05, 3.63) is 101 Å². The Morgan fingerprint density at radius 2 is 1.36 bits per heavy atom. The minimum Gasteiger partial charge on any atom is -0.338 e. The summed E-state index contributed by atoms with van der Waals surface area (Å²) in [4.78, 5) is 20.1. The Kier molecular flexibility index (Phi) is 5.02. The summed E-state index contributed by atoms with van der Waals surface area (Å²) in [5.74, 6) is 0.802. The number of hydrogen-bond donors (Lipinski definition) is 2. The van der Waals surface area contributed by atoms with E-state index in [1.165, 1.54) is 0 Å². The van der Waals surface area contributed by atoms with Crippen molar-refractivity contribution in [2.45, 2.75) is 0 Å². The van der Waals surface area contributed by atoms with Gasteiger partial charge in [-0.15, -0.1) is 5.11 Å². The Morgan fingerprint density at radius 3 is 2.04 bits per heavy atom. The van der Waals surface area contributed by atoms with Crippen molar-refractivity contribution in [2.75, 3.05) is 5.32 Å². The van der Waals surface area contributed by atoms with Gasteiger partial charge in [0, 0.05) is 11.3 Å². The average molecular weight is 367 g/mol. The van der Waals surface area contributed by atoms with E-state index in [0.717, 1.165) is 11.3 Å². The van der Waals surface area contributed by atoms with Crippen LogP contribution in [-0.4, -0.2) is 9.97 Å². The molecule has 6 heteroatoms. The number of aromatic amines is 1. The van der Waals surface area contributed by atoms with Gasteiger partial charge in [-0.2, -0.15) is 5.11 Å². The third kappa shape index (κ3) is 4.02. The van der Waals surface area contributed by atoms with Gasteiger partial charge in [-0.1, -0.05) is 66.7 Å². The molecule has 0 aliphatic rings. The van der Waals surface area contributed by atoms with Crippen molar-refractivity contribution in [3.63, 3.8) is 0 Å². The van der Waals surface area contributed by atoms with Gasteiger partial charge in [0.05, 0.1) is 5.69 Å². The summed E-state index contributed by atoms with van der Waals surface area (Å²) in [5.41, 5.74) is 2.01. The molecule has 0 spiro atoms. The van der Waals surface area contributed by atoms with Gasteiger partial charge in [0.15, 0.2) is 11.5 Å². The van der Waals surface area contributed by atoms with Crippen LogP contribution in [0.3, 0.4) is 0 Å². The Balaban J connectivity index is 1.79. The smallest absolute Gasteiger partial charge is 0.281 e. The number of anilines is 2. The van der Waals surface area contributed by atoms with Crippen LogP contribution < -0.4 is 10.9 Å². The van der Waals surface area contributed by atoms with Gasteiger partial charge in [0.25, 0.3) is 5.56 Å². The van der Waals surface area contributed by atoms with Crippen LogP contribution >= 0.6 is 0 Å². The lowest BCUT2D eigenvalue weighted by molar-refractivity contribution is 1.09. The molecule has 0 saturated heterocycles. The SMILES string of the molecule is O=c1[nH]c(-c2ccccc2)nc(Nc2ccccc2)c1N=Nc1ccccc1. The zero-order valence-electron chi connectivity index (χ0n) is 14.9. The van der Waals surface area contributed by atoms with E-state index >= 15 is 0 Å². The Bertz CT molecular complexity index is 1140. The highest BCUT2D eigenvalue weighted by molar-refractivity contribution is 5.70. The van der Waals surface area contributed by atoms with Crippen molar-refractivity contribution in [3.8, 4) is 11.4 Å². The third-order valence-corrected chi connectivity index (χ3v) is 4.00. The Labute approximate surface area is 161 Å². The van der Waals surface area contributed by atoms with Gasteiger partial charge in [0.1, 0.15) is 5.82 Å². The van der Waals surface area contributed by atoms with Crippen LogP contribution in [0.1, 0.15) is 0 Å². The largest absolute Gasteiger partial charge is 0.338 e. The highest BCUT2D eigenvalue weighted by atomic mass is 16.1. The van der Waals surface area contributed by atoms with Crippen molar-refractivity contribution in [1.82, 2.24) is 9.97 Å². The number of benzene rings is 3. The standard InChI is InChI=1S/C22H17N5O/c28-22-19(27-26-18-14-8-3-9-15-18)21(23-17-12-6-2-7-13-17)24-20(25-22)16-10-4-1-5-11-16/h1-15H,(H2,23,24,25,28). The summed E-state index contributed by atoms with van der Waals surface area (Å²) in [6.07, 6.45) is 0. The fourth-order valence-corrected chi connectivity index (χ4v) is 2.64. The van der Waals surface area contributed by atoms with E-state index in [-0.39, 0.29) is 11.2 Å². The van der Waals surface area contributed by atoms with Gasteiger partial charge in [-0.3, -0.25) is 4.79 Å². The third-order valence-electron chi connectivity index (χ3n) is 4.00. The van der Waals surface area contributed by atoms with E-state index in [2.05, 4.69) is 25.5 Å². The van der Waals surface area contributed by atoms with Crippen LogP contribution in [0.2, 0.25) is 0 Å². The molecule has 136 valence electrons. The zero-order valence-corrected chi connectivity index (χ0v) is 14.9. The first-order chi connectivity index (χ1) is 13.8. The quantitative estimate of drug-likeness (QED) is 0.451. The summed E-state index contributed by atoms with van der Waals surface area (Å²) >= 11 is 0. The van der Waals surface area contributed by atoms with Crippen molar-refractivity contribution in [1.29, 1.82) is 0 Å². The molecule has 4 aromatic rings. The van der Waals surface area contributed by atoms with Crippen molar-refractivity contribution >= 4 is 22.9 Å². The van der Waals surface area contributed by atoms with E-state index in [9.17, 15) is 4.79 Å². The molecule has 0 saturated carbocycles. The van der Waals surface area contributed by atoms with Crippen LogP contribution in [0, 0.1) is 0 Å². The number of H-pyrrole nitrogens is 1. The molecule has 28 heavy (non-hydrogen) atoms. The number of para-hydroxylation sites is 1. The fourth-order valence-electron chi connectivity index (χ4n) is 2.64. The van der Waals surface area contributed by atoms with E-state index in [0.29, 0.717) is 17.3 Å². The molecule has 0 aliphatic carbocycles. The number of rotatable bonds is 5. The molecule has 0 aliphatic heterocycles. The van der Waals surface area contributed by atoms with Gasteiger partial charge in [-0.25, -0.2) is 4.98 Å². The minimum absolute atomic E-state index is 0.118. The lowest BCUT2D eigenvalue weighted by Crippen LogP contribution is -2.11. The molecule has 0 amide bonds. The number of azo groups is 1. The fraction of sp³-hybridized carbons (Fsp3) is 0. The maximum absolute atomic E-state index is 12.8. The summed E-state index contributed by atoms with van der Waals surface area (Å²) in [6, 6.07) is 28.2. The lowest BCUT2D eigenvalue weighted by atomic mass is 10.2. The van der Waals surface area contributed by atoms with Gasteiger partial charge >= 0.3 is 0 Å². The summed E-state index contributed by atoms with van der Waals surface area (Å²) < 4.78 is 0. The van der Waals surface area contributed by atoms with Gasteiger partial charge in [0.2, 0.25) is 0 Å². The zero-order chi connectivity index (χ0) is 19.2. The molecule has 0 radical (unpaired) electrons. The number of nitrogens with one attached hydrogen (secondary N) is 2. The Morgan fingerprint density at radius 1 is 0.750 bits per heavy atom. The van der Waals surface area contributed by atoms with Crippen molar-refractivity contribution < 1.29 is 0 Å². The normalized spacial score (nSPS) is 10.9. The maximum atomic E-state index is 12.8. The predicted molar refractivity (Wildman–Crippen MR) is 111 cm³/mol. The second-order valence-electron chi connectivity index (χ2n) is 6.00. The average Bonchev–Trinajstić information content (AvgIpc) is 2.75. The molecule has 2 N–H and O–H groups in total. The molecule has 0 fully saturated rings. The first-order valence-corrected chi connectivity index (χ1v) is 8.78. The molecule has 3 aromatic carbocycles. The van der Waals surface area contributed by atoms with Gasteiger partial charge in [-0.05, 0) is 24.3 Å². The Hall–Kier alpha value is -4.06. The molecule has 0 bridgehead atoms. The minimum atomic E-state index is -0.369. The van der Waals surface area contributed by atoms with E-state index in [1.54, 1.807) is 0 Å². The molecule has 1 heterocycles. The first-order valence-electron chi connectivity index (χ1n) is 8.78. The van der Waals surface area contributed by atoms with Gasteiger partial charge < -0.3 is 10.3 Å². The number of hydrogen-bond acceptors (Lipinski definition) is 5. The first kappa shape index (κ1) is 17.4.